The smallest absolute Gasteiger partial charge is 0.188 e. The second-order valence-corrected chi connectivity index (χ2v) is 7.17. The lowest BCUT2D eigenvalue weighted by Crippen LogP contribution is -2.42. The first-order valence-electron chi connectivity index (χ1n) is 9.67. The van der Waals surface area contributed by atoms with Crippen LogP contribution in [0.15, 0.2) is 21.5 Å². The lowest BCUT2D eigenvalue weighted by molar-refractivity contribution is 0.0135. The van der Waals surface area contributed by atoms with Gasteiger partial charge in [-0.15, -0.1) is 24.0 Å². The topological polar surface area (TPSA) is 76.0 Å². The Morgan fingerprint density at radius 3 is 2.54 bits per heavy atom. The van der Waals surface area contributed by atoms with E-state index in [4.69, 9.17) is 14.9 Å². The normalized spacial score (nSPS) is 21.7. The van der Waals surface area contributed by atoms with E-state index in [9.17, 15) is 0 Å². The highest BCUT2D eigenvalue weighted by Crippen LogP contribution is 2.24. The maximum Gasteiger partial charge on any atom is 0.188 e. The average molecular weight is 476 g/mol. The molecule has 0 radical (unpaired) electrons. The Labute approximate surface area is 173 Å². The number of nitrogens with zero attached hydrogens (tertiary/aromatic N) is 2. The van der Waals surface area contributed by atoms with E-state index in [-0.39, 0.29) is 30.0 Å². The van der Waals surface area contributed by atoms with Crippen molar-refractivity contribution < 1.29 is 9.15 Å². The van der Waals surface area contributed by atoms with Crippen LogP contribution in [0.2, 0.25) is 0 Å². The zero-order chi connectivity index (χ0) is 17.5. The summed E-state index contributed by atoms with van der Waals surface area (Å²) in [4.78, 5) is 7.03. The summed E-state index contributed by atoms with van der Waals surface area (Å²) in [5.74, 6) is 2.46. The second-order valence-electron chi connectivity index (χ2n) is 7.17. The zero-order valence-electron chi connectivity index (χ0n) is 15.8. The molecule has 1 unspecified atom stereocenters. The first kappa shape index (κ1) is 21.5. The fourth-order valence-corrected chi connectivity index (χ4v) is 3.77. The molecule has 6 nitrogen and oxygen atoms in total. The summed E-state index contributed by atoms with van der Waals surface area (Å²) in [5.41, 5.74) is 6.18. The molecule has 3 rings (SSSR count). The number of ether oxygens (including phenoxy) is 1. The minimum Gasteiger partial charge on any atom is -0.465 e. The van der Waals surface area contributed by atoms with Gasteiger partial charge in [0, 0.05) is 19.1 Å². The molecule has 0 bridgehead atoms. The van der Waals surface area contributed by atoms with Crippen molar-refractivity contribution in [2.75, 3.05) is 32.8 Å². The van der Waals surface area contributed by atoms with Crippen molar-refractivity contribution in [3.8, 4) is 0 Å². The van der Waals surface area contributed by atoms with Crippen LogP contribution in [0, 0.1) is 6.92 Å². The zero-order valence-corrected chi connectivity index (χ0v) is 18.1. The van der Waals surface area contributed by atoms with Gasteiger partial charge in [-0.2, -0.15) is 0 Å². The predicted molar refractivity (Wildman–Crippen MR) is 115 cm³/mol. The van der Waals surface area contributed by atoms with Crippen LogP contribution in [0.1, 0.15) is 56.1 Å². The fraction of sp³-hybridized carbons (Fsp3) is 0.737. The van der Waals surface area contributed by atoms with Crippen LogP contribution < -0.4 is 11.1 Å². The number of nitrogens with two attached hydrogens (primary N) is 1. The first-order chi connectivity index (χ1) is 12.2. The Kier molecular flexibility index (Phi) is 9.21. The van der Waals surface area contributed by atoms with Gasteiger partial charge in [0.2, 0.25) is 0 Å². The van der Waals surface area contributed by atoms with Gasteiger partial charge in [-0.1, -0.05) is 25.7 Å². The molecule has 1 aromatic rings. The molecule has 148 valence electrons. The highest BCUT2D eigenvalue weighted by Gasteiger charge is 2.25. The highest BCUT2D eigenvalue weighted by atomic mass is 127. The maximum atomic E-state index is 6.18. The van der Waals surface area contributed by atoms with Gasteiger partial charge < -0.3 is 20.2 Å². The molecule has 1 saturated carbocycles. The van der Waals surface area contributed by atoms with Crippen molar-refractivity contribution >= 4 is 29.9 Å². The van der Waals surface area contributed by atoms with Crippen LogP contribution >= 0.6 is 24.0 Å². The van der Waals surface area contributed by atoms with Gasteiger partial charge in [-0.05, 0) is 31.9 Å². The number of furan rings is 1. The van der Waals surface area contributed by atoms with E-state index in [0.29, 0.717) is 18.5 Å². The number of aliphatic imine (C=N–C) groups is 1. The average Bonchev–Trinajstić information content (AvgIpc) is 2.89. The third-order valence-corrected chi connectivity index (χ3v) is 5.22. The van der Waals surface area contributed by atoms with Crippen LogP contribution in [-0.2, 0) is 4.74 Å². The van der Waals surface area contributed by atoms with Crippen molar-refractivity contribution in [2.24, 2.45) is 10.7 Å². The van der Waals surface area contributed by atoms with E-state index in [1.807, 2.05) is 13.0 Å². The van der Waals surface area contributed by atoms with Crippen LogP contribution in [0.25, 0.3) is 0 Å². The molecule has 0 spiro atoms. The van der Waals surface area contributed by atoms with Crippen molar-refractivity contribution in [1.82, 2.24) is 10.2 Å². The summed E-state index contributed by atoms with van der Waals surface area (Å²) in [5, 5.41) is 3.43. The highest BCUT2D eigenvalue weighted by molar-refractivity contribution is 14.0. The van der Waals surface area contributed by atoms with Crippen molar-refractivity contribution in [3.63, 3.8) is 0 Å². The third-order valence-electron chi connectivity index (χ3n) is 5.22. The molecular weight excluding hydrogens is 443 g/mol. The number of morpholine rings is 1. The lowest BCUT2D eigenvalue weighted by Gasteiger charge is -2.32. The third kappa shape index (κ3) is 6.42. The first-order valence-corrected chi connectivity index (χ1v) is 9.67. The van der Waals surface area contributed by atoms with E-state index >= 15 is 0 Å². The Bertz CT molecular complexity index is 549. The van der Waals surface area contributed by atoms with Gasteiger partial charge in [0.15, 0.2) is 5.96 Å². The Morgan fingerprint density at radius 2 is 1.92 bits per heavy atom. The fourth-order valence-electron chi connectivity index (χ4n) is 3.77. The number of nitrogens with one attached hydrogen (secondary N) is 1. The van der Waals surface area contributed by atoms with Crippen molar-refractivity contribution in [2.45, 2.75) is 57.5 Å². The Balaban J connectivity index is 0.00000243. The summed E-state index contributed by atoms with van der Waals surface area (Å²) < 4.78 is 11.4. The van der Waals surface area contributed by atoms with E-state index in [0.717, 1.165) is 37.8 Å². The molecule has 1 saturated heterocycles. The van der Waals surface area contributed by atoms with Crippen LogP contribution in [0.3, 0.4) is 0 Å². The summed E-state index contributed by atoms with van der Waals surface area (Å²) in [6, 6.07) is 4.66. The molecule has 0 aromatic carbocycles. The summed E-state index contributed by atoms with van der Waals surface area (Å²) in [7, 11) is 0. The summed E-state index contributed by atoms with van der Waals surface area (Å²) in [6.45, 7) is 5.90. The number of rotatable bonds is 5. The largest absolute Gasteiger partial charge is 0.465 e. The van der Waals surface area contributed by atoms with E-state index in [2.05, 4.69) is 21.3 Å². The number of hydrogen-bond acceptors (Lipinski definition) is 4. The molecule has 0 amide bonds. The molecule has 1 atom stereocenters. The lowest BCUT2D eigenvalue weighted by atomic mass is 10.1. The van der Waals surface area contributed by atoms with E-state index < -0.39 is 0 Å². The van der Waals surface area contributed by atoms with Gasteiger partial charge in [0.1, 0.15) is 11.5 Å². The molecule has 1 aliphatic heterocycles. The Morgan fingerprint density at radius 1 is 1.23 bits per heavy atom. The maximum absolute atomic E-state index is 6.18. The van der Waals surface area contributed by atoms with E-state index in [1.165, 1.54) is 38.5 Å². The van der Waals surface area contributed by atoms with Gasteiger partial charge in [-0.3, -0.25) is 9.89 Å². The molecule has 1 aromatic heterocycles. The molecule has 2 heterocycles. The van der Waals surface area contributed by atoms with Crippen LogP contribution in [-0.4, -0.2) is 49.7 Å². The van der Waals surface area contributed by atoms with Gasteiger partial charge in [0.25, 0.3) is 0 Å². The standard InChI is InChI=1S/C19H32N4O2.HI/c1-15-8-9-18(25-15)17(23-10-12-24-13-11-23)14-21-19(20)22-16-6-4-2-3-5-7-16;/h8-9,16-17H,2-7,10-14H2,1H3,(H3,20,21,22);1H. The predicted octanol–water partition coefficient (Wildman–Crippen LogP) is 3.21. The van der Waals surface area contributed by atoms with Crippen LogP contribution in [0.5, 0.6) is 0 Å². The summed E-state index contributed by atoms with van der Waals surface area (Å²) >= 11 is 0. The quantitative estimate of drug-likeness (QED) is 0.296. The second kappa shape index (κ2) is 11.1. The number of hydrogen-bond donors (Lipinski definition) is 2. The van der Waals surface area contributed by atoms with E-state index in [1.54, 1.807) is 0 Å². The summed E-state index contributed by atoms with van der Waals surface area (Å²) in [6.07, 6.45) is 7.64. The van der Waals surface area contributed by atoms with Crippen LogP contribution in [0.4, 0.5) is 0 Å². The van der Waals surface area contributed by atoms with Gasteiger partial charge >= 0.3 is 0 Å². The van der Waals surface area contributed by atoms with Crippen molar-refractivity contribution in [3.05, 3.63) is 23.7 Å². The molecule has 3 N–H and O–H groups in total. The minimum atomic E-state index is 0. The molecule has 1 aliphatic carbocycles. The molecule has 2 aliphatic rings. The molecule has 7 heteroatoms. The van der Waals surface area contributed by atoms with Gasteiger partial charge in [0.05, 0.1) is 25.8 Å². The molecular formula is C19H33IN4O2. The SMILES string of the molecule is Cc1ccc(C(CN=C(N)NC2CCCCCC2)N2CCOCC2)o1.I. The Hall–Kier alpha value is -0.800. The van der Waals surface area contributed by atoms with Gasteiger partial charge in [-0.25, -0.2) is 0 Å². The number of guanidine groups is 1. The number of halogens is 1. The molecule has 2 fully saturated rings. The minimum absolute atomic E-state index is 0. The monoisotopic (exact) mass is 476 g/mol. The van der Waals surface area contributed by atoms with Crippen molar-refractivity contribution in [1.29, 1.82) is 0 Å². The number of aryl methyl sites for hydroxylation is 1. The molecule has 26 heavy (non-hydrogen) atoms.